The van der Waals surface area contributed by atoms with E-state index in [9.17, 15) is 9.90 Å². The summed E-state index contributed by atoms with van der Waals surface area (Å²) in [5, 5.41) is 9.84. The molecule has 0 amide bonds. The molecule has 20 heavy (non-hydrogen) atoms. The third-order valence-electron chi connectivity index (χ3n) is 3.41. The predicted molar refractivity (Wildman–Crippen MR) is 82.1 cm³/mol. The largest absolute Gasteiger partial charge is 0.507 e. The maximum Gasteiger partial charge on any atom is 0.153 e. The van der Waals surface area contributed by atoms with E-state index in [4.69, 9.17) is 0 Å². The fourth-order valence-electron chi connectivity index (χ4n) is 2.40. The van der Waals surface area contributed by atoms with E-state index in [2.05, 4.69) is 43.9 Å². The molecule has 3 nitrogen and oxygen atoms in total. The second-order valence-electron chi connectivity index (χ2n) is 4.90. The first kappa shape index (κ1) is 14.1. The van der Waals surface area contributed by atoms with Gasteiger partial charge in [0.15, 0.2) is 6.29 Å². The molecular formula is C17H19NO2. The average Bonchev–Trinajstić information content (AvgIpc) is 2.42. The Morgan fingerprint density at radius 3 is 2.45 bits per heavy atom. The summed E-state index contributed by atoms with van der Waals surface area (Å²) in [6.07, 6.45) is 0.659. The van der Waals surface area contributed by atoms with E-state index in [0.717, 1.165) is 17.9 Å². The van der Waals surface area contributed by atoms with Crippen molar-refractivity contribution in [2.24, 2.45) is 0 Å². The third-order valence-corrected chi connectivity index (χ3v) is 3.41. The van der Waals surface area contributed by atoms with Crippen LogP contribution in [0.15, 0.2) is 36.4 Å². The number of rotatable bonds is 4. The van der Waals surface area contributed by atoms with Crippen molar-refractivity contribution in [2.75, 3.05) is 11.4 Å². The molecule has 2 aromatic carbocycles. The molecule has 0 spiro atoms. The first-order valence-corrected chi connectivity index (χ1v) is 6.69. The Bertz CT molecular complexity index is 635. The van der Waals surface area contributed by atoms with E-state index >= 15 is 0 Å². The van der Waals surface area contributed by atoms with Gasteiger partial charge >= 0.3 is 0 Å². The van der Waals surface area contributed by atoms with E-state index in [0.29, 0.717) is 11.8 Å². The first-order chi connectivity index (χ1) is 9.56. The lowest BCUT2D eigenvalue weighted by Crippen LogP contribution is -2.17. The minimum Gasteiger partial charge on any atom is -0.507 e. The van der Waals surface area contributed by atoms with E-state index in [-0.39, 0.29) is 5.75 Å². The molecule has 1 N–H and O–H groups in total. The first-order valence-electron chi connectivity index (χ1n) is 6.69. The topological polar surface area (TPSA) is 40.5 Å². The molecule has 0 unspecified atom stereocenters. The number of hydrogen-bond donors (Lipinski definition) is 1. The van der Waals surface area contributed by atoms with Crippen molar-refractivity contribution in [1.29, 1.82) is 0 Å². The molecule has 0 aliphatic carbocycles. The molecule has 0 aliphatic heterocycles. The summed E-state index contributed by atoms with van der Waals surface area (Å²) in [4.78, 5) is 12.9. The van der Waals surface area contributed by atoms with Gasteiger partial charge < -0.3 is 10.0 Å². The number of benzene rings is 2. The predicted octanol–water partition coefficient (Wildman–Crippen LogP) is 3.98. The zero-order valence-electron chi connectivity index (χ0n) is 12.1. The quantitative estimate of drug-likeness (QED) is 0.853. The number of nitrogens with zero attached hydrogens (tertiary/aromatic N) is 1. The molecule has 104 valence electrons. The Morgan fingerprint density at radius 1 is 1.15 bits per heavy atom. The average molecular weight is 269 g/mol. The number of aryl methyl sites for hydroxylation is 2. The van der Waals surface area contributed by atoms with E-state index in [1.165, 1.54) is 11.1 Å². The Morgan fingerprint density at radius 2 is 1.90 bits per heavy atom. The number of phenols is 1. The molecule has 0 aromatic heterocycles. The van der Waals surface area contributed by atoms with Gasteiger partial charge in [-0.05, 0) is 44.5 Å². The molecule has 0 atom stereocenters. The lowest BCUT2D eigenvalue weighted by molar-refractivity contribution is 0.112. The van der Waals surface area contributed by atoms with Gasteiger partial charge in [0.1, 0.15) is 5.75 Å². The van der Waals surface area contributed by atoms with Crippen LogP contribution in [0.4, 0.5) is 11.4 Å². The van der Waals surface area contributed by atoms with Crippen LogP contribution in [0.1, 0.15) is 28.4 Å². The number of phenolic OH excluding ortho intramolecular Hbond substituents is 1. The minimum atomic E-state index is 0.0146. The number of aromatic hydroxyl groups is 1. The Kier molecular flexibility index (Phi) is 4.08. The Balaban J connectivity index is 2.46. The molecule has 2 aromatic rings. The van der Waals surface area contributed by atoms with Crippen molar-refractivity contribution in [1.82, 2.24) is 0 Å². The summed E-state index contributed by atoms with van der Waals surface area (Å²) in [6.45, 7) is 6.98. The summed E-state index contributed by atoms with van der Waals surface area (Å²) in [5.41, 5.74) is 4.71. The molecule has 0 aliphatic rings. The Labute approximate surface area is 119 Å². The number of carbonyl (C=O) groups excluding carboxylic acids is 1. The van der Waals surface area contributed by atoms with Crippen LogP contribution in [0.5, 0.6) is 5.75 Å². The fraction of sp³-hybridized carbons (Fsp3) is 0.235. The third kappa shape index (κ3) is 2.67. The van der Waals surface area contributed by atoms with Crippen LogP contribution in [-0.2, 0) is 0 Å². The second-order valence-corrected chi connectivity index (χ2v) is 4.90. The standard InChI is InChI=1S/C17H19NO2/c1-4-18(16-8-5-12(2)9-13(16)3)15-7-6-14(11-19)17(20)10-15/h5-11,20H,4H2,1-3H3. The Hall–Kier alpha value is -2.29. The van der Waals surface area contributed by atoms with Crippen molar-refractivity contribution >= 4 is 17.7 Å². The minimum absolute atomic E-state index is 0.0146. The highest BCUT2D eigenvalue weighted by Gasteiger charge is 2.12. The lowest BCUT2D eigenvalue weighted by Gasteiger charge is -2.25. The molecule has 0 radical (unpaired) electrons. The number of aldehydes is 1. The summed E-state index contributed by atoms with van der Waals surface area (Å²) < 4.78 is 0. The molecule has 3 heteroatoms. The highest BCUT2D eigenvalue weighted by atomic mass is 16.3. The van der Waals surface area contributed by atoms with Crippen molar-refractivity contribution < 1.29 is 9.90 Å². The molecule has 0 saturated carbocycles. The van der Waals surface area contributed by atoms with E-state index < -0.39 is 0 Å². The van der Waals surface area contributed by atoms with Crippen molar-refractivity contribution in [3.8, 4) is 5.75 Å². The molecule has 2 rings (SSSR count). The van der Waals surface area contributed by atoms with Crippen LogP contribution >= 0.6 is 0 Å². The molecule has 0 heterocycles. The molecule has 0 fully saturated rings. The lowest BCUT2D eigenvalue weighted by atomic mass is 10.1. The van der Waals surface area contributed by atoms with Crippen LogP contribution in [0.25, 0.3) is 0 Å². The zero-order valence-corrected chi connectivity index (χ0v) is 12.1. The smallest absolute Gasteiger partial charge is 0.153 e. The van der Waals surface area contributed by atoms with Crippen LogP contribution in [0.3, 0.4) is 0 Å². The highest BCUT2D eigenvalue weighted by molar-refractivity contribution is 5.81. The normalized spacial score (nSPS) is 10.3. The monoisotopic (exact) mass is 269 g/mol. The summed E-state index contributed by atoms with van der Waals surface area (Å²) >= 11 is 0. The fourth-order valence-corrected chi connectivity index (χ4v) is 2.40. The van der Waals surface area contributed by atoms with Gasteiger partial charge in [0.2, 0.25) is 0 Å². The van der Waals surface area contributed by atoms with Gasteiger partial charge in [0.05, 0.1) is 5.56 Å². The van der Waals surface area contributed by atoms with Gasteiger partial charge in [-0.25, -0.2) is 0 Å². The van der Waals surface area contributed by atoms with Gasteiger partial charge in [-0.3, -0.25) is 4.79 Å². The van der Waals surface area contributed by atoms with Gasteiger partial charge in [-0.1, -0.05) is 17.7 Å². The van der Waals surface area contributed by atoms with Crippen LogP contribution in [0, 0.1) is 13.8 Å². The maximum absolute atomic E-state index is 10.8. The maximum atomic E-state index is 10.8. The van der Waals surface area contributed by atoms with E-state index in [1.54, 1.807) is 12.1 Å². The van der Waals surface area contributed by atoms with Crippen LogP contribution in [-0.4, -0.2) is 17.9 Å². The number of carbonyl (C=O) groups is 1. The van der Waals surface area contributed by atoms with Crippen molar-refractivity contribution in [3.63, 3.8) is 0 Å². The molecule has 0 saturated heterocycles. The number of hydrogen-bond acceptors (Lipinski definition) is 3. The van der Waals surface area contributed by atoms with E-state index in [1.807, 2.05) is 6.07 Å². The van der Waals surface area contributed by atoms with Gasteiger partial charge in [-0.2, -0.15) is 0 Å². The molecular weight excluding hydrogens is 250 g/mol. The van der Waals surface area contributed by atoms with Gasteiger partial charge in [-0.15, -0.1) is 0 Å². The summed E-state index contributed by atoms with van der Waals surface area (Å²) in [5.74, 6) is 0.0146. The zero-order chi connectivity index (χ0) is 14.7. The SMILES string of the molecule is CCN(c1ccc(C=O)c(O)c1)c1ccc(C)cc1C. The summed E-state index contributed by atoms with van der Waals surface area (Å²) in [7, 11) is 0. The second kappa shape index (κ2) is 5.78. The van der Waals surface area contributed by atoms with Crippen molar-refractivity contribution in [3.05, 3.63) is 53.1 Å². The van der Waals surface area contributed by atoms with Crippen LogP contribution in [0.2, 0.25) is 0 Å². The molecule has 0 bridgehead atoms. The van der Waals surface area contributed by atoms with Crippen LogP contribution < -0.4 is 4.90 Å². The van der Waals surface area contributed by atoms with Crippen molar-refractivity contribution in [2.45, 2.75) is 20.8 Å². The summed E-state index contributed by atoms with van der Waals surface area (Å²) in [6, 6.07) is 11.4. The highest BCUT2D eigenvalue weighted by Crippen LogP contribution is 2.31. The van der Waals surface area contributed by atoms with Gasteiger partial charge in [0.25, 0.3) is 0 Å². The van der Waals surface area contributed by atoms with Gasteiger partial charge in [0, 0.05) is 24.0 Å². The number of anilines is 2.